The maximum Gasteiger partial charge on any atom is 0.238 e. The highest BCUT2D eigenvalue weighted by Crippen LogP contribution is 2.13. The molecular formula is C12H13N3O. The van der Waals surface area contributed by atoms with Crippen molar-refractivity contribution in [2.45, 2.75) is 13.2 Å². The molecule has 0 atom stereocenters. The van der Waals surface area contributed by atoms with Gasteiger partial charge in [0.05, 0.1) is 6.20 Å². The number of benzene rings is 1. The fourth-order valence-electron chi connectivity index (χ4n) is 1.35. The van der Waals surface area contributed by atoms with Crippen LogP contribution in [-0.2, 0) is 13.2 Å². The predicted molar refractivity (Wildman–Crippen MR) is 60.7 cm³/mol. The third-order valence-corrected chi connectivity index (χ3v) is 2.20. The van der Waals surface area contributed by atoms with Gasteiger partial charge in [0.1, 0.15) is 6.61 Å². The fourth-order valence-corrected chi connectivity index (χ4v) is 1.35. The fraction of sp³-hybridized carbons (Fsp3) is 0.167. The molecule has 0 aliphatic carbocycles. The van der Waals surface area contributed by atoms with Gasteiger partial charge in [0, 0.05) is 12.1 Å². The predicted octanol–water partition coefficient (Wildman–Crippen LogP) is 1.51. The molecule has 1 heterocycles. The van der Waals surface area contributed by atoms with Crippen molar-refractivity contribution in [3.05, 3.63) is 53.7 Å². The van der Waals surface area contributed by atoms with Gasteiger partial charge in [-0.3, -0.25) is 0 Å². The molecule has 0 aliphatic rings. The van der Waals surface area contributed by atoms with Crippen molar-refractivity contribution < 1.29 is 4.74 Å². The summed E-state index contributed by atoms with van der Waals surface area (Å²) in [7, 11) is 0. The van der Waals surface area contributed by atoms with Gasteiger partial charge in [-0.2, -0.15) is 5.10 Å². The maximum atomic E-state index is 5.57. The van der Waals surface area contributed by atoms with Crippen LogP contribution in [0.3, 0.4) is 0 Å². The highest BCUT2D eigenvalue weighted by molar-refractivity contribution is 5.23. The van der Waals surface area contributed by atoms with Gasteiger partial charge < -0.3 is 10.5 Å². The average molecular weight is 215 g/mol. The first-order chi connectivity index (χ1) is 7.90. The highest BCUT2D eigenvalue weighted by Gasteiger charge is 2.03. The molecule has 0 unspecified atom stereocenters. The van der Waals surface area contributed by atoms with Crippen molar-refractivity contribution in [3.8, 4) is 5.88 Å². The maximum absolute atomic E-state index is 5.57. The normalized spacial score (nSPS) is 10.1. The molecule has 0 radical (unpaired) electrons. The summed E-state index contributed by atoms with van der Waals surface area (Å²) in [6.45, 7) is 0.881. The van der Waals surface area contributed by atoms with E-state index >= 15 is 0 Å². The first kappa shape index (κ1) is 10.6. The number of hydrogen-bond donors (Lipinski definition) is 1. The smallest absolute Gasteiger partial charge is 0.238 e. The molecule has 0 saturated carbocycles. The Hall–Kier alpha value is -1.94. The number of nitrogens with zero attached hydrogens (tertiary/aromatic N) is 2. The van der Waals surface area contributed by atoms with Gasteiger partial charge in [-0.1, -0.05) is 30.3 Å². The molecule has 4 nitrogen and oxygen atoms in total. The Morgan fingerprint density at radius 2 is 1.94 bits per heavy atom. The van der Waals surface area contributed by atoms with Gasteiger partial charge in [0.2, 0.25) is 5.88 Å². The molecule has 2 rings (SSSR count). The van der Waals surface area contributed by atoms with E-state index in [1.165, 1.54) is 0 Å². The van der Waals surface area contributed by atoms with Crippen molar-refractivity contribution in [1.29, 1.82) is 0 Å². The van der Waals surface area contributed by atoms with E-state index in [9.17, 15) is 0 Å². The second kappa shape index (κ2) is 5.23. The van der Waals surface area contributed by atoms with E-state index in [1.54, 1.807) is 6.20 Å². The Morgan fingerprint density at radius 3 is 2.69 bits per heavy atom. The van der Waals surface area contributed by atoms with Crippen LogP contribution >= 0.6 is 0 Å². The highest BCUT2D eigenvalue weighted by atomic mass is 16.5. The molecule has 0 saturated heterocycles. The van der Waals surface area contributed by atoms with Crippen molar-refractivity contribution >= 4 is 0 Å². The largest absolute Gasteiger partial charge is 0.471 e. The van der Waals surface area contributed by atoms with Crippen LogP contribution in [0.1, 0.15) is 11.1 Å². The van der Waals surface area contributed by atoms with Crippen LogP contribution in [0.2, 0.25) is 0 Å². The zero-order valence-corrected chi connectivity index (χ0v) is 8.84. The zero-order valence-electron chi connectivity index (χ0n) is 8.84. The topological polar surface area (TPSA) is 61.0 Å². The van der Waals surface area contributed by atoms with Crippen LogP contribution in [0.5, 0.6) is 5.88 Å². The molecule has 82 valence electrons. The molecule has 1 aromatic carbocycles. The molecule has 0 bridgehead atoms. The zero-order chi connectivity index (χ0) is 11.2. The molecule has 0 spiro atoms. The summed E-state index contributed by atoms with van der Waals surface area (Å²) in [4.78, 5) is 0. The lowest BCUT2D eigenvalue weighted by molar-refractivity contribution is 0.286. The lowest BCUT2D eigenvalue weighted by Gasteiger charge is -2.07. The minimum atomic E-state index is 0.402. The number of hydrogen-bond acceptors (Lipinski definition) is 4. The SMILES string of the molecule is NCc1ccnnc1OCc1ccccc1. The van der Waals surface area contributed by atoms with Crippen LogP contribution in [0.4, 0.5) is 0 Å². The Balaban J connectivity index is 2.05. The van der Waals surface area contributed by atoms with E-state index < -0.39 is 0 Å². The summed E-state index contributed by atoms with van der Waals surface area (Å²) in [5, 5.41) is 7.69. The van der Waals surface area contributed by atoms with Crippen molar-refractivity contribution in [2.75, 3.05) is 0 Å². The average Bonchev–Trinajstić information content (AvgIpc) is 2.38. The van der Waals surface area contributed by atoms with E-state index in [2.05, 4.69) is 10.2 Å². The van der Waals surface area contributed by atoms with E-state index in [-0.39, 0.29) is 0 Å². The van der Waals surface area contributed by atoms with E-state index in [0.29, 0.717) is 19.0 Å². The van der Waals surface area contributed by atoms with Gasteiger partial charge in [0.25, 0.3) is 0 Å². The van der Waals surface area contributed by atoms with E-state index in [4.69, 9.17) is 10.5 Å². The molecule has 1 aromatic heterocycles. The molecule has 16 heavy (non-hydrogen) atoms. The van der Waals surface area contributed by atoms with Crippen LogP contribution in [-0.4, -0.2) is 10.2 Å². The van der Waals surface area contributed by atoms with Crippen molar-refractivity contribution in [3.63, 3.8) is 0 Å². The Bertz CT molecular complexity index is 445. The van der Waals surface area contributed by atoms with E-state index in [0.717, 1.165) is 11.1 Å². The molecule has 2 N–H and O–H groups in total. The molecule has 0 fully saturated rings. The molecule has 4 heteroatoms. The lowest BCUT2D eigenvalue weighted by atomic mass is 10.2. The first-order valence-corrected chi connectivity index (χ1v) is 5.07. The molecule has 0 amide bonds. The molecule has 0 aliphatic heterocycles. The molecule has 2 aromatic rings. The standard InChI is InChI=1S/C12H13N3O/c13-8-11-6-7-14-15-12(11)16-9-10-4-2-1-3-5-10/h1-7H,8-9,13H2. The van der Waals surface area contributed by atoms with Crippen molar-refractivity contribution in [2.24, 2.45) is 5.73 Å². The van der Waals surface area contributed by atoms with Gasteiger partial charge >= 0.3 is 0 Å². The number of aromatic nitrogens is 2. The summed E-state index contributed by atoms with van der Waals surface area (Å²) < 4.78 is 5.56. The summed E-state index contributed by atoms with van der Waals surface area (Å²) in [6.07, 6.45) is 1.61. The Labute approximate surface area is 94.1 Å². The quantitative estimate of drug-likeness (QED) is 0.839. The molecular weight excluding hydrogens is 202 g/mol. The van der Waals surface area contributed by atoms with Crippen molar-refractivity contribution in [1.82, 2.24) is 10.2 Å². The van der Waals surface area contributed by atoms with Crippen LogP contribution < -0.4 is 10.5 Å². The minimum Gasteiger partial charge on any atom is -0.471 e. The van der Waals surface area contributed by atoms with E-state index in [1.807, 2.05) is 36.4 Å². The third-order valence-electron chi connectivity index (χ3n) is 2.20. The summed E-state index contributed by atoms with van der Waals surface area (Å²) in [5.74, 6) is 0.508. The van der Waals surface area contributed by atoms with Crippen LogP contribution in [0, 0.1) is 0 Å². The number of rotatable bonds is 4. The van der Waals surface area contributed by atoms with Crippen LogP contribution in [0.15, 0.2) is 42.6 Å². The van der Waals surface area contributed by atoms with Gasteiger partial charge in [-0.15, -0.1) is 5.10 Å². The van der Waals surface area contributed by atoms with Gasteiger partial charge in [0.15, 0.2) is 0 Å². The minimum absolute atomic E-state index is 0.402. The lowest BCUT2D eigenvalue weighted by Crippen LogP contribution is -2.05. The van der Waals surface area contributed by atoms with Gasteiger partial charge in [-0.25, -0.2) is 0 Å². The summed E-state index contributed by atoms with van der Waals surface area (Å²) in [6, 6.07) is 11.7. The first-order valence-electron chi connectivity index (χ1n) is 5.07. The number of ether oxygens (including phenoxy) is 1. The monoisotopic (exact) mass is 215 g/mol. The van der Waals surface area contributed by atoms with Gasteiger partial charge in [-0.05, 0) is 11.6 Å². The third kappa shape index (κ3) is 2.55. The summed E-state index contributed by atoms with van der Waals surface area (Å²) in [5.41, 5.74) is 7.53. The second-order valence-corrected chi connectivity index (χ2v) is 3.34. The summed E-state index contributed by atoms with van der Waals surface area (Å²) >= 11 is 0. The second-order valence-electron chi connectivity index (χ2n) is 3.34. The Morgan fingerprint density at radius 1 is 1.12 bits per heavy atom. The number of nitrogens with two attached hydrogens (primary N) is 1. The van der Waals surface area contributed by atoms with Crippen LogP contribution in [0.25, 0.3) is 0 Å². The Kier molecular flexibility index (Phi) is 3.46.